The lowest BCUT2D eigenvalue weighted by atomic mass is 10.2. The Bertz CT molecular complexity index is 791. The molecule has 124 valence electrons. The summed E-state index contributed by atoms with van der Waals surface area (Å²) >= 11 is 1.41. The summed E-state index contributed by atoms with van der Waals surface area (Å²) in [6.45, 7) is 4.72. The average Bonchev–Trinajstić information content (AvgIpc) is 3.36. The molecule has 1 N–H and O–H groups in total. The Kier molecular flexibility index (Phi) is 4.86. The number of thioether (sulfide) groups is 1. The Hall–Kier alpha value is -2.33. The normalized spacial score (nSPS) is 14.9. The number of nitriles is 1. The second-order valence-electron chi connectivity index (χ2n) is 5.80. The van der Waals surface area contributed by atoms with Crippen molar-refractivity contribution in [2.75, 3.05) is 5.32 Å². The van der Waals surface area contributed by atoms with Gasteiger partial charge >= 0.3 is 0 Å². The summed E-state index contributed by atoms with van der Waals surface area (Å²) in [6.07, 6.45) is 2.35. The van der Waals surface area contributed by atoms with Crippen molar-refractivity contribution in [3.63, 3.8) is 0 Å². The van der Waals surface area contributed by atoms with Crippen LogP contribution in [0.25, 0.3) is 0 Å². The van der Waals surface area contributed by atoms with Crippen molar-refractivity contribution in [1.82, 2.24) is 14.8 Å². The van der Waals surface area contributed by atoms with Crippen LogP contribution >= 0.6 is 11.8 Å². The third kappa shape index (κ3) is 3.60. The first-order valence-corrected chi connectivity index (χ1v) is 8.91. The molecule has 1 heterocycles. The van der Waals surface area contributed by atoms with Gasteiger partial charge in [-0.25, -0.2) is 0 Å². The molecule has 1 aromatic heterocycles. The Labute approximate surface area is 145 Å². The number of hydrogen-bond donors (Lipinski definition) is 1. The lowest BCUT2D eigenvalue weighted by molar-refractivity contribution is -0.115. The molecule has 1 saturated carbocycles. The van der Waals surface area contributed by atoms with E-state index in [-0.39, 0.29) is 11.2 Å². The quantitative estimate of drug-likeness (QED) is 0.816. The molecule has 7 heteroatoms. The van der Waals surface area contributed by atoms with Gasteiger partial charge in [0, 0.05) is 18.2 Å². The highest BCUT2D eigenvalue weighted by Gasteiger charge is 2.30. The van der Waals surface area contributed by atoms with Crippen molar-refractivity contribution in [3.05, 3.63) is 35.7 Å². The summed E-state index contributed by atoms with van der Waals surface area (Å²) in [7, 11) is 0. The molecule has 1 fully saturated rings. The van der Waals surface area contributed by atoms with Gasteiger partial charge in [-0.2, -0.15) is 5.26 Å². The Morgan fingerprint density at radius 3 is 2.96 bits per heavy atom. The third-order valence-electron chi connectivity index (χ3n) is 3.91. The van der Waals surface area contributed by atoms with Gasteiger partial charge in [-0.15, -0.1) is 10.2 Å². The molecule has 3 rings (SSSR count). The van der Waals surface area contributed by atoms with Crippen LogP contribution in [0.5, 0.6) is 0 Å². The summed E-state index contributed by atoms with van der Waals surface area (Å²) in [5, 5.41) is 20.8. The molecule has 0 radical (unpaired) electrons. The average molecular weight is 341 g/mol. The minimum atomic E-state index is -0.308. The first kappa shape index (κ1) is 16.5. The van der Waals surface area contributed by atoms with Crippen LogP contribution in [-0.4, -0.2) is 25.9 Å². The zero-order valence-corrected chi connectivity index (χ0v) is 14.5. The van der Waals surface area contributed by atoms with E-state index in [0.29, 0.717) is 17.2 Å². The van der Waals surface area contributed by atoms with Gasteiger partial charge in [0.05, 0.1) is 16.9 Å². The number of anilines is 1. The second-order valence-corrected chi connectivity index (χ2v) is 7.11. The molecule has 1 aromatic carbocycles. The SMILES string of the molecule is CCn1c(S[C@@H](C)C(=O)Nc2cccc(C#N)c2)nnc1C1CC1. The lowest BCUT2D eigenvalue weighted by Crippen LogP contribution is -2.23. The molecule has 24 heavy (non-hydrogen) atoms. The van der Waals surface area contributed by atoms with Crippen molar-refractivity contribution in [1.29, 1.82) is 5.26 Å². The number of benzene rings is 1. The summed E-state index contributed by atoms with van der Waals surface area (Å²) in [4.78, 5) is 12.4. The maximum absolute atomic E-state index is 12.4. The van der Waals surface area contributed by atoms with Crippen molar-refractivity contribution in [2.45, 2.75) is 49.6 Å². The van der Waals surface area contributed by atoms with Gasteiger partial charge in [0.15, 0.2) is 5.16 Å². The fourth-order valence-electron chi connectivity index (χ4n) is 2.45. The number of hydrogen-bond acceptors (Lipinski definition) is 5. The van der Waals surface area contributed by atoms with E-state index in [1.165, 1.54) is 24.6 Å². The van der Waals surface area contributed by atoms with Gasteiger partial charge in [0.2, 0.25) is 5.91 Å². The van der Waals surface area contributed by atoms with Crippen molar-refractivity contribution in [2.24, 2.45) is 0 Å². The molecule has 2 aromatic rings. The summed E-state index contributed by atoms with van der Waals surface area (Å²) < 4.78 is 2.10. The van der Waals surface area contributed by atoms with Crippen LogP contribution in [0.15, 0.2) is 29.4 Å². The van der Waals surface area contributed by atoms with Gasteiger partial charge in [-0.1, -0.05) is 17.8 Å². The fourth-order valence-corrected chi connectivity index (χ4v) is 3.37. The number of rotatable bonds is 6. The highest BCUT2D eigenvalue weighted by molar-refractivity contribution is 8.00. The summed E-state index contributed by atoms with van der Waals surface area (Å²) in [6, 6.07) is 8.96. The number of carbonyl (C=O) groups excluding carboxylic acids is 1. The molecule has 6 nitrogen and oxygen atoms in total. The van der Waals surface area contributed by atoms with E-state index in [1.54, 1.807) is 24.3 Å². The van der Waals surface area contributed by atoms with E-state index in [0.717, 1.165) is 17.5 Å². The number of carbonyl (C=O) groups is 1. The first-order valence-electron chi connectivity index (χ1n) is 8.03. The highest BCUT2D eigenvalue weighted by atomic mass is 32.2. The third-order valence-corrected chi connectivity index (χ3v) is 5.00. The zero-order valence-electron chi connectivity index (χ0n) is 13.7. The maximum atomic E-state index is 12.4. The number of nitrogens with one attached hydrogen (secondary N) is 1. The molecule has 0 bridgehead atoms. The second kappa shape index (κ2) is 7.05. The number of aromatic nitrogens is 3. The topological polar surface area (TPSA) is 83.6 Å². The van der Waals surface area contributed by atoms with E-state index >= 15 is 0 Å². The van der Waals surface area contributed by atoms with E-state index in [2.05, 4.69) is 33.1 Å². The first-order chi connectivity index (χ1) is 11.6. The van der Waals surface area contributed by atoms with Gasteiger partial charge in [-0.3, -0.25) is 4.79 Å². The van der Waals surface area contributed by atoms with Crippen molar-refractivity contribution < 1.29 is 4.79 Å². The van der Waals surface area contributed by atoms with Crippen LogP contribution in [0.3, 0.4) is 0 Å². The van der Waals surface area contributed by atoms with Gasteiger partial charge in [0.1, 0.15) is 5.82 Å². The van der Waals surface area contributed by atoms with Crippen LogP contribution < -0.4 is 5.32 Å². The molecular weight excluding hydrogens is 322 g/mol. The van der Waals surface area contributed by atoms with E-state index in [1.807, 2.05) is 6.92 Å². The molecule has 0 aliphatic heterocycles. The van der Waals surface area contributed by atoms with Gasteiger partial charge in [0.25, 0.3) is 0 Å². The van der Waals surface area contributed by atoms with Crippen molar-refractivity contribution >= 4 is 23.4 Å². The van der Waals surface area contributed by atoms with Crippen LogP contribution in [0.1, 0.15) is 44.0 Å². The molecule has 1 aliphatic rings. The van der Waals surface area contributed by atoms with Gasteiger partial charge < -0.3 is 9.88 Å². The predicted molar refractivity (Wildman–Crippen MR) is 92.8 cm³/mol. The number of nitrogens with zero attached hydrogens (tertiary/aromatic N) is 4. The zero-order chi connectivity index (χ0) is 17.1. The fraction of sp³-hybridized carbons (Fsp3) is 0.412. The minimum absolute atomic E-state index is 0.117. The molecular formula is C17H19N5OS. The maximum Gasteiger partial charge on any atom is 0.237 e. The molecule has 0 spiro atoms. The number of amides is 1. The molecule has 1 atom stereocenters. The summed E-state index contributed by atoms with van der Waals surface area (Å²) in [5.41, 5.74) is 1.15. The van der Waals surface area contributed by atoms with Crippen LogP contribution in [0.4, 0.5) is 5.69 Å². The standard InChI is InChI=1S/C17H19N5OS/c1-3-22-15(13-7-8-13)20-21-17(22)24-11(2)16(23)19-14-6-4-5-12(9-14)10-18/h4-6,9,11,13H,3,7-8H2,1-2H3,(H,19,23)/t11-/m0/s1. The Morgan fingerprint density at radius 2 is 2.29 bits per heavy atom. The van der Waals surface area contributed by atoms with E-state index in [4.69, 9.17) is 5.26 Å². The Balaban J connectivity index is 1.67. The van der Waals surface area contributed by atoms with E-state index in [9.17, 15) is 4.79 Å². The summed E-state index contributed by atoms with van der Waals surface area (Å²) in [5.74, 6) is 1.45. The van der Waals surface area contributed by atoms with Crippen LogP contribution in [-0.2, 0) is 11.3 Å². The van der Waals surface area contributed by atoms with Crippen LogP contribution in [0, 0.1) is 11.3 Å². The monoisotopic (exact) mass is 341 g/mol. The van der Waals surface area contributed by atoms with Crippen molar-refractivity contribution in [3.8, 4) is 6.07 Å². The smallest absolute Gasteiger partial charge is 0.237 e. The van der Waals surface area contributed by atoms with Gasteiger partial charge in [-0.05, 0) is 44.9 Å². The highest BCUT2D eigenvalue weighted by Crippen LogP contribution is 2.40. The van der Waals surface area contributed by atoms with Crippen LogP contribution in [0.2, 0.25) is 0 Å². The molecule has 0 unspecified atom stereocenters. The minimum Gasteiger partial charge on any atom is -0.325 e. The molecule has 1 amide bonds. The Morgan fingerprint density at radius 1 is 1.50 bits per heavy atom. The molecule has 0 saturated heterocycles. The lowest BCUT2D eigenvalue weighted by Gasteiger charge is -2.12. The largest absolute Gasteiger partial charge is 0.325 e. The van der Waals surface area contributed by atoms with E-state index < -0.39 is 0 Å². The predicted octanol–water partition coefficient (Wildman–Crippen LogP) is 3.17. The molecule has 1 aliphatic carbocycles.